The molecular formula is C19H29N3O4. The number of nitrogens with one attached hydrogen (secondary N) is 3. The van der Waals surface area contributed by atoms with Gasteiger partial charge in [0.15, 0.2) is 0 Å². The minimum atomic E-state index is -0.567. The Hall–Kier alpha value is -2.57. The van der Waals surface area contributed by atoms with Crippen LogP contribution in [0, 0.1) is 5.92 Å². The van der Waals surface area contributed by atoms with E-state index in [1.165, 1.54) is 0 Å². The van der Waals surface area contributed by atoms with E-state index in [9.17, 15) is 14.4 Å². The van der Waals surface area contributed by atoms with E-state index in [1.807, 2.05) is 32.0 Å². The highest BCUT2D eigenvalue weighted by atomic mass is 16.6. The number of rotatable bonds is 7. The topological polar surface area (TPSA) is 96.5 Å². The van der Waals surface area contributed by atoms with Gasteiger partial charge in [0, 0.05) is 31.1 Å². The first-order valence-corrected chi connectivity index (χ1v) is 8.70. The van der Waals surface area contributed by atoms with Gasteiger partial charge in [0.05, 0.1) is 0 Å². The molecule has 7 heteroatoms. The van der Waals surface area contributed by atoms with E-state index in [1.54, 1.807) is 26.8 Å². The van der Waals surface area contributed by atoms with Gasteiger partial charge in [0.2, 0.25) is 11.8 Å². The third kappa shape index (κ3) is 9.05. The van der Waals surface area contributed by atoms with Crippen LogP contribution >= 0.6 is 0 Å². The molecule has 0 aliphatic carbocycles. The van der Waals surface area contributed by atoms with Gasteiger partial charge >= 0.3 is 6.09 Å². The summed E-state index contributed by atoms with van der Waals surface area (Å²) in [6.45, 7) is 9.52. The number of hydrogen-bond acceptors (Lipinski definition) is 4. The zero-order valence-electron chi connectivity index (χ0n) is 16.1. The Bertz CT molecular complexity index is 636. The van der Waals surface area contributed by atoms with Crippen molar-refractivity contribution in [1.29, 1.82) is 0 Å². The first-order chi connectivity index (χ1) is 12.1. The lowest BCUT2D eigenvalue weighted by Crippen LogP contribution is -2.35. The van der Waals surface area contributed by atoms with Crippen molar-refractivity contribution in [2.24, 2.45) is 5.92 Å². The molecule has 3 amide bonds. The summed E-state index contributed by atoms with van der Waals surface area (Å²) in [5.41, 5.74) is 1.00. The lowest BCUT2D eigenvalue weighted by Gasteiger charge is -2.19. The molecule has 7 nitrogen and oxygen atoms in total. The molecule has 1 aromatic rings. The number of ether oxygens (including phenoxy) is 1. The summed E-state index contributed by atoms with van der Waals surface area (Å²) >= 11 is 0. The summed E-state index contributed by atoms with van der Waals surface area (Å²) in [6.07, 6.45) is -0.387. The van der Waals surface area contributed by atoms with Gasteiger partial charge in [0.1, 0.15) is 5.60 Å². The second-order valence-electron chi connectivity index (χ2n) is 7.30. The van der Waals surface area contributed by atoms with Crippen LogP contribution < -0.4 is 16.0 Å². The summed E-state index contributed by atoms with van der Waals surface area (Å²) in [5, 5.41) is 8.14. The van der Waals surface area contributed by atoms with Gasteiger partial charge in [-0.15, -0.1) is 0 Å². The third-order valence-electron chi connectivity index (χ3n) is 3.23. The van der Waals surface area contributed by atoms with Crippen molar-refractivity contribution in [1.82, 2.24) is 10.6 Å². The van der Waals surface area contributed by atoms with Gasteiger partial charge < -0.3 is 20.7 Å². The predicted octanol–water partition coefficient (Wildman–Crippen LogP) is 2.81. The average Bonchev–Trinajstić information content (AvgIpc) is 2.51. The summed E-state index contributed by atoms with van der Waals surface area (Å²) in [5.74, 6) is -0.340. The molecule has 0 aromatic heterocycles. The Balaban J connectivity index is 2.36. The summed E-state index contributed by atoms with van der Waals surface area (Å²) in [7, 11) is 0. The molecule has 0 saturated carbocycles. The number of amides is 3. The third-order valence-corrected chi connectivity index (χ3v) is 3.23. The maximum atomic E-state index is 11.9. The lowest BCUT2D eigenvalue weighted by atomic mass is 10.1. The summed E-state index contributed by atoms with van der Waals surface area (Å²) in [4.78, 5) is 35.1. The average molecular weight is 363 g/mol. The van der Waals surface area contributed by atoms with Crippen LogP contribution in [0.4, 0.5) is 10.5 Å². The molecule has 0 spiro atoms. The molecule has 0 aliphatic rings. The lowest BCUT2D eigenvalue weighted by molar-refractivity contribution is -0.121. The Labute approximate surface area is 154 Å². The van der Waals surface area contributed by atoms with Crippen molar-refractivity contribution in [2.45, 2.75) is 53.2 Å². The summed E-state index contributed by atoms with van der Waals surface area (Å²) in [6, 6.07) is 7.31. The van der Waals surface area contributed by atoms with Crippen LogP contribution in [0.2, 0.25) is 0 Å². The highest BCUT2D eigenvalue weighted by molar-refractivity contribution is 5.92. The van der Waals surface area contributed by atoms with Crippen LogP contribution in [0.25, 0.3) is 0 Å². The van der Waals surface area contributed by atoms with Crippen molar-refractivity contribution in [3.63, 3.8) is 0 Å². The molecule has 26 heavy (non-hydrogen) atoms. The SMILES string of the molecule is CC(C)C(=O)Nc1cccc(CNC(=O)CCNC(=O)OC(C)(C)C)c1. The van der Waals surface area contributed by atoms with Crippen molar-refractivity contribution in [3.05, 3.63) is 29.8 Å². The maximum Gasteiger partial charge on any atom is 0.407 e. The molecule has 0 bridgehead atoms. The normalized spacial score (nSPS) is 11.0. The molecule has 0 atom stereocenters. The van der Waals surface area contributed by atoms with E-state index in [4.69, 9.17) is 4.74 Å². The zero-order chi connectivity index (χ0) is 19.7. The number of alkyl carbamates (subject to hydrolysis) is 1. The highest BCUT2D eigenvalue weighted by Crippen LogP contribution is 2.12. The summed E-state index contributed by atoms with van der Waals surface area (Å²) < 4.78 is 5.09. The van der Waals surface area contributed by atoms with E-state index in [2.05, 4.69) is 16.0 Å². The quantitative estimate of drug-likeness (QED) is 0.694. The highest BCUT2D eigenvalue weighted by Gasteiger charge is 2.15. The van der Waals surface area contributed by atoms with Crippen molar-refractivity contribution >= 4 is 23.6 Å². The number of carbonyl (C=O) groups excluding carboxylic acids is 3. The smallest absolute Gasteiger partial charge is 0.407 e. The van der Waals surface area contributed by atoms with E-state index in [-0.39, 0.29) is 30.7 Å². The Kier molecular flexibility index (Phi) is 8.09. The van der Waals surface area contributed by atoms with Crippen LogP contribution in [-0.4, -0.2) is 30.1 Å². The van der Waals surface area contributed by atoms with Crippen LogP contribution in [0.3, 0.4) is 0 Å². The molecular weight excluding hydrogens is 334 g/mol. The van der Waals surface area contributed by atoms with Gasteiger partial charge in [-0.05, 0) is 38.5 Å². The number of anilines is 1. The van der Waals surface area contributed by atoms with Crippen LogP contribution in [0.1, 0.15) is 46.6 Å². The second kappa shape index (κ2) is 9.79. The molecule has 0 radical (unpaired) electrons. The number of hydrogen-bond donors (Lipinski definition) is 3. The molecule has 1 aromatic carbocycles. The fourth-order valence-corrected chi connectivity index (χ4v) is 1.93. The van der Waals surface area contributed by atoms with Crippen LogP contribution in [-0.2, 0) is 20.9 Å². The first kappa shape index (κ1) is 21.5. The van der Waals surface area contributed by atoms with Crippen molar-refractivity contribution < 1.29 is 19.1 Å². The molecule has 0 saturated heterocycles. The monoisotopic (exact) mass is 363 g/mol. The fourth-order valence-electron chi connectivity index (χ4n) is 1.93. The van der Waals surface area contributed by atoms with Gasteiger partial charge in [-0.2, -0.15) is 0 Å². The first-order valence-electron chi connectivity index (χ1n) is 8.70. The Morgan fingerprint density at radius 3 is 2.42 bits per heavy atom. The Morgan fingerprint density at radius 2 is 1.81 bits per heavy atom. The molecule has 144 valence electrons. The van der Waals surface area contributed by atoms with E-state index in [0.29, 0.717) is 12.2 Å². The largest absolute Gasteiger partial charge is 0.444 e. The minimum absolute atomic E-state index is 0.0561. The predicted molar refractivity (Wildman–Crippen MR) is 101 cm³/mol. The fraction of sp³-hybridized carbons (Fsp3) is 0.526. The standard InChI is InChI=1S/C19H29N3O4/c1-13(2)17(24)22-15-8-6-7-14(11-15)12-21-16(23)9-10-20-18(25)26-19(3,4)5/h6-8,11,13H,9-10,12H2,1-5H3,(H,20,25)(H,21,23)(H,22,24). The van der Waals surface area contributed by atoms with E-state index in [0.717, 1.165) is 5.56 Å². The number of benzene rings is 1. The molecule has 0 aliphatic heterocycles. The van der Waals surface area contributed by atoms with Gasteiger partial charge in [-0.3, -0.25) is 9.59 Å². The van der Waals surface area contributed by atoms with Gasteiger partial charge in [-0.1, -0.05) is 26.0 Å². The molecule has 0 heterocycles. The van der Waals surface area contributed by atoms with E-state index >= 15 is 0 Å². The maximum absolute atomic E-state index is 11.9. The van der Waals surface area contributed by atoms with Crippen molar-refractivity contribution in [3.8, 4) is 0 Å². The second-order valence-corrected chi connectivity index (χ2v) is 7.30. The Morgan fingerprint density at radius 1 is 1.12 bits per heavy atom. The molecule has 3 N–H and O–H groups in total. The van der Waals surface area contributed by atoms with Gasteiger partial charge in [0.25, 0.3) is 0 Å². The number of carbonyl (C=O) groups is 3. The molecule has 0 unspecified atom stereocenters. The van der Waals surface area contributed by atoms with Crippen molar-refractivity contribution in [2.75, 3.05) is 11.9 Å². The van der Waals surface area contributed by atoms with Crippen LogP contribution in [0.5, 0.6) is 0 Å². The zero-order valence-corrected chi connectivity index (χ0v) is 16.1. The minimum Gasteiger partial charge on any atom is -0.444 e. The van der Waals surface area contributed by atoms with E-state index < -0.39 is 11.7 Å². The van der Waals surface area contributed by atoms with Gasteiger partial charge in [-0.25, -0.2) is 4.79 Å². The van der Waals surface area contributed by atoms with Crippen LogP contribution in [0.15, 0.2) is 24.3 Å². The molecule has 1 rings (SSSR count). The molecule has 0 fully saturated rings.